The predicted molar refractivity (Wildman–Crippen MR) is 124 cm³/mol. The van der Waals surface area contributed by atoms with Crippen LogP contribution in [-0.2, 0) is 11.4 Å². The number of ether oxygens (including phenoxy) is 1. The molecule has 3 rings (SSSR count). The van der Waals surface area contributed by atoms with Crippen molar-refractivity contribution in [1.29, 1.82) is 0 Å². The molecule has 2 amide bonds. The van der Waals surface area contributed by atoms with Gasteiger partial charge in [-0.3, -0.25) is 9.59 Å². The number of carbonyl (C=O) groups is 2. The van der Waals surface area contributed by atoms with Gasteiger partial charge in [0.15, 0.2) is 0 Å². The van der Waals surface area contributed by atoms with Gasteiger partial charge in [0.25, 0.3) is 5.91 Å². The average Bonchev–Trinajstić information content (AvgIpc) is 3.28. The first-order valence-electron chi connectivity index (χ1n) is 9.60. The topological polar surface area (TPSA) is 71.5 Å². The van der Waals surface area contributed by atoms with Crippen LogP contribution >= 0.6 is 34.5 Å². The standard InChI is InChI=1S/C22H21Cl2N3O3S/c1-2-8-27(11-21(28)26-20-10-16(23)6-7-19(20)24)22(29)15-4-3-5-18(9-15)30-12-17-13-31-14-25-17/h3-7,9-10,13-14H,2,8,11-12H2,1H3,(H,26,28). The first kappa shape index (κ1) is 23.1. The molecular formula is C22H21Cl2N3O3S. The molecule has 0 aliphatic rings. The van der Waals surface area contributed by atoms with Gasteiger partial charge in [-0.05, 0) is 42.8 Å². The van der Waals surface area contributed by atoms with E-state index >= 15 is 0 Å². The number of nitrogens with one attached hydrogen (secondary N) is 1. The van der Waals surface area contributed by atoms with E-state index in [1.54, 1.807) is 48.0 Å². The van der Waals surface area contributed by atoms with Crippen molar-refractivity contribution in [3.05, 3.63) is 74.7 Å². The monoisotopic (exact) mass is 477 g/mol. The van der Waals surface area contributed by atoms with Crippen molar-refractivity contribution in [1.82, 2.24) is 9.88 Å². The van der Waals surface area contributed by atoms with E-state index in [-0.39, 0.29) is 18.4 Å². The van der Waals surface area contributed by atoms with Crippen LogP contribution in [0.5, 0.6) is 5.75 Å². The fourth-order valence-electron chi connectivity index (χ4n) is 2.85. The Morgan fingerprint density at radius 1 is 1.19 bits per heavy atom. The maximum atomic E-state index is 13.1. The van der Waals surface area contributed by atoms with E-state index in [9.17, 15) is 9.59 Å². The highest BCUT2D eigenvalue weighted by Gasteiger charge is 2.19. The summed E-state index contributed by atoms with van der Waals surface area (Å²) >= 11 is 13.6. The van der Waals surface area contributed by atoms with Crippen LogP contribution in [-0.4, -0.2) is 34.8 Å². The number of carbonyl (C=O) groups excluding carboxylic acids is 2. The minimum atomic E-state index is -0.359. The number of amides is 2. The number of hydrogen-bond donors (Lipinski definition) is 1. The number of halogens is 2. The molecule has 9 heteroatoms. The number of nitrogens with zero attached hydrogens (tertiary/aromatic N) is 2. The van der Waals surface area contributed by atoms with Gasteiger partial charge in [-0.25, -0.2) is 4.98 Å². The smallest absolute Gasteiger partial charge is 0.254 e. The zero-order valence-electron chi connectivity index (χ0n) is 16.8. The molecule has 31 heavy (non-hydrogen) atoms. The molecule has 2 aromatic carbocycles. The Kier molecular flexibility index (Phi) is 8.28. The lowest BCUT2D eigenvalue weighted by molar-refractivity contribution is -0.116. The molecule has 1 heterocycles. The van der Waals surface area contributed by atoms with Crippen LogP contribution in [0.2, 0.25) is 10.0 Å². The van der Waals surface area contributed by atoms with Crippen LogP contribution < -0.4 is 10.1 Å². The second-order valence-corrected chi connectivity index (χ2v) is 8.26. The van der Waals surface area contributed by atoms with E-state index in [4.69, 9.17) is 27.9 Å². The molecular weight excluding hydrogens is 457 g/mol. The lowest BCUT2D eigenvalue weighted by Crippen LogP contribution is -2.38. The second-order valence-electron chi connectivity index (χ2n) is 6.70. The lowest BCUT2D eigenvalue weighted by atomic mass is 10.1. The molecule has 0 fully saturated rings. The van der Waals surface area contributed by atoms with Crippen molar-refractivity contribution in [2.75, 3.05) is 18.4 Å². The summed E-state index contributed by atoms with van der Waals surface area (Å²) in [5, 5.41) is 5.44. The highest BCUT2D eigenvalue weighted by atomic mass is 35.5. The van der Waals surface area contributed by atoms with Crippen LogP contribution in [0.3, 0.4) is 0 Å². The molecule has 0 spiro atoms. The van der Waals surface area contributed by atoms with Crippen molar-refractivity contribution >= 4 is 52.0 Å². The van der Waals surface area contributed by atoms with Gasteiger partial charge in [-0.15, -0.1) is 11.3 Å². The minimum Gasteiger partial charge on any atom is -0.487 e. The Morgan fingerprint density at radius 3 is 2.77 bits per heavy atom. The van der Waals surface area contributed by atoms with Crippen molar-refractivity contribution in [3.8, 4) is 5.75 Å². The molecule has 1 N–H and O–H groups in total. The molecule has 0 radical (unpaired) electrons. The van der Waals surface area contributed by atoms with E-state index in [2.05, 4.69) is 10.3 Å². The molecule has 0 saturated carbocycles. The molecule has 0 bridgehead atoms. The Morgan fingerprint density at radius 2 is 2.03 bits per heavy atom. The third-order valence-electron chi connectivity index (χ3n) is 4.27. The SMILES string of the molecule is CCCN(CC(=O)Nc1cc(Cl)ccc1Cl)C(=O)c1cccc(OCc2cscn2)c1. The van der Waals surface area contributed by atoms with Crippen molar-refractivity contribution < 1.29 is 14.3 Å². The number of benzene rings is 2. The Labute approximate surface area is 194 Å². The molecule has 0 aliphatic heterocycles. The van der Waals surface area contributed by atoms with Crippen LogP contribution in [0.4, 0.5) is 5.69 Å². The van der Waals surface area contributed by atoms with Crippen LogP contribution in [0.1, 0.15) is 29.4 Å². The maximum absolute atomic E-state index is 13.1. The Hall–Kier alpha value is -2.61. The van der Waals surface area contributed by atoms with E-state index in [0.29, 0.717) is 46.6 Å². The van der Waals surface area contributed by atoms with Gasteiger partial charge in [0.1, 0.15) is 18.9 Å². The van der Waals surface area contributed by atoms with Gasteiger partial charge in [0, 0.05) is 22.5 Å². The fraction of sp³-hybridized carbons (Fsp3) is 0.227. The third-order valence-corrected chi connectivity index (χ3v) is 5.47. The fourth-order valence-corrected chi connectivity index (χ4v) is 3.73. The normalized spacial score (nSPS) is 10.5. The number of hydrogen-bond acceptors (Lipinski definition) is 5. The number of thiazole rings is 1. The molecule has 3 aromatic rings. The van der Waals surface area contributed by atoms with Gasteiger partial charge >= 0.3 is 0 Å². The number of rotatable bonds is 9. The molecule has 1 aromatic heterocycles. The predicted octanol–water partition coefficient (Wildman–Crippen LogP) is 5.52. The molecule has 162 valence electrons. The summed E-state index contributed by atoms with van der Waals surface area (Å²) in [6, 6.07) is 11.7. The second kappa shape index (κ2) is 11.1. The molecule has 0 atom stereocenters. The molecule has 0 saturated heterocycles. The van der Waals surface area contributed by atoms with E-state index in [1.165, 1.54) is 16.2 Å². The first-order chi connectivity index (χ1) is 15.0. The van der Waals surface area contributed by atoms with Gasteiger partial charge in [0.05, 0.1) is 21.9 Å². The summed E-state index contributed by atoms with van der Waals surface area (Å²) < 4.78 is 5.73. The molecule has 6 nitrogen and oxygen atoms in total. The van der Waals surface area contributed by atoms with Crippen LogP contribution in [0, 0.1) is 0 Å². The lowest BCUT2D eigenvalue weighted by Gasteiger charge is -2.22. The van der Waals surface area contributed by atoms with Gasteiger partial charge in [0.2, 0.25) is 5.91 Å². The summed E-state index contributed by atoms with van der Waals surface area (Å²) in [7, 11) is 0. The van der Waals surface area contributed by atoms with Gasteiger partial charge < -0.3 is 15.0 Å². The Balaban J connectivity index is 1.67. The van der Waals surface area contributed by atoms with E-state index < -0.39 is 0 Å². The quantitative estimate of drug-likeness (QED) is 0.440. The zero-order valence-corrected chi connectivity index (χ0v) is 19.1. The highest BCUT2D eigenvalue weighted by Crippen LogP contribution is 2.25. The minimum absolute atomic E-state index is 0.112. The van der Waals surface area contributed by atoms with Crippen LogP contribution in [0.15, 0.2) is 53.4 Å². The average molecular weight is 478 g/mol. The number of aromatic nitrogens is 1. The summed E-state index contributed by atoms with van der Waals surface area (Å²) in [5.41, 5.74) is 3.41. The van der Waals surface area contributed by atoms with E-state index in [1.807, 2.05) is 12.3 Å². The third kappa shape index (κ3) is 6.69. The zero-order chi connectivity index (χ0) is 22.2. The van der Waals surface area contributed by atoms with Gasteiger partial charge in [-0.2, -0.15) is 0 Å². The molecule has 0 unspecified atom stereocenters. The van der Waals surface area contributed by atoms with Crippen molar-refractivity contribution in [2.45, 2.75) is 20.0 Å². The summed E-state index contributed by atoms with van der Waals surface area (Å²) in [6.45, 7) is 2.58. The summed E-state index contributed by atoms with van der Waals surface area (Å²) in [6.07, 6.45) is 0.705. The Bertz CT molecular complexity index is 1040. The highest BCUT2D eigenvalue weighted by molar-refractivity contribution is 7.07. The first-order valence-corrected chi connectivity index (χ1v) is 11.3. The maximum Gasteiger partial charge on any atom is 0.254 e. The molecule has 0 aliphatic carbocycles. The largest absolute Gasteiger partial charge is 0.487 e. The van der Waals surface area contributed by atoms with Gasteiger partial charge in [-0.1, -0.05) is 36.2 Å². The number of anilines is 1. The van der Waals surface area contributed by atoms with Crippen LogP contribution in [0.25, 0.3) is 0 Å². The summed E-state index contributed by atoms with van der Waals surface area (Å²) in [4.78, 5) is 31.3. The van der Waals surface area contributed by atoms with Crippen molar-refractivity contribution in [3.63, 3.8) is 0 Å². The summed E-state index contributed by atoms with van der Waals surface area (Å²) in [5.74, 6) is -0.0549. The van der Waals surface area contributed by atoms with Crippen molar-refractivity contribution in [2.24, 2.45) is 0 Å². The van der Waals surface area contributed by atoms with E-state index in [0.717, 1.165) is 5.69 Å².